The van der Waals surface area contributed by atoms with Crippen molar-refractivity contribution < 1.29 is 23.1 Å². The fourth-order valence-electron chi connectivity index (χ4n) is 1.68. The van der Waals surface area contributed by atoms with Crippen molar-refractivity contribution in [3.63, 3.8) is 0 Å². The molecule has 0 heterocycles. The van der Waals surface area contributed by atoms with Crippen molar-refractivity contribution in [2.24, 2.45) is 5.73 Å². The maximum Gasteiger partial charge on any atom is 0.254 e. The average molecular weight is 290 g/mol. The minimum atomic E-state index is -1.71. The summed E-state index contributed by atoms with van der Waals surface area (Å²) >= 11 is 0. The van der Waals surface area contributed by atoms with E-state index < -0.39 is 34.7 Å². The van der Waals surface area contributed by atoms with Crippen LogP contribution >= 0.6 is 0 Å². The number of amides is 1. The molecule has 4 N–H and O–H groups in total. The standard InChI is InChI=1S/C13H17F3N2O2/c14-9-7-8(10(15)12(19)11(9)16)13(20)18-6-4-2-1-3-5-17/h7,19H,1-6,17H2,(H,18,20). The molecule has 1 rings (SSSR count). The van der Waals surface area contributed by atoms with Crippen LogP contribution in [0, 0.1) is 17.5 Å². The van der Waals surface area contributed by atoms with E-state index in [0.717, 1.165) is 19.3 Å². The average Bonchev–Trinajstić information content (AvgIpc) is 2.44. The van der Waals surface area contributed by atoms with Gasteiger partial charge in [0.05, 0.1) is 5.56 Å². The Morgan fingerprint density at radius 2 is 1.80 bits per heavy atom. The molecular weight excluding hydrogens is 273 g/mol. The monoisotopic (exact) mass is 290 g/mol. The molecule has 112 valence electrons. The van der Waals surface area contributed by atoms with E-state index in [0.29, 0.717) is 19.0 Å². The molecule has 0 fully saturated rings. The molecule has 0 radical (unpaired) electrons. The normalized spacial score (nSPS) is 10.6. The number of hydrogen-bond acceptors (Lipinski definition) is 3. The summed E-state index contributed by atoms with van der Waals surface area (Å²) in [6, 6.07) is 0.425. The van der Waals surface area contributed by atoms with Gasteiger partial charge in [0, 0.05) is 6.54 Å². The third-order valence-corrected chi connectivity index (χ3v) is 2.79. The fraction of sp³-hybridized carbons (Fsp3) is 0.462. The lowest BCUT2D eigenvalue weighted by Gasteiger charge is -2.08. The third-order valence-electron chi connectivity index (χ3n) is 2.79. The van der Waals surface area contributed by atoms with Gasteiger partial charge in [-0.1, -0.05) is 12.8 Å². The van der Waals surface area contributed by atoms with Gasteiger partial charge in [-0.05, 0) is 25.5 Å². The zero-order valence-electron chi connectivity index (χ0n) is 10.9. The Bertz CT molecular complexity index is 481. The SMILES string of the molecule is NCCCCCCNC(=O)c1cc(F)c(F)c(O)c1F. The number of rotatable bonds is 7. The lowest BCUT2D eigenvalue weighted by atomic mass is 10.1. The Labute approximate surface area is 114 Å². The Kier molecular flexibility index (Phi) is 6.30. The predicted octanol–water partition coefficient (Wildman–Crippen LogP) is 2.06. The van der Waals surface area contributed by atoms with Crippen LogP contribution in [0.15, 0.2) is 6.07 Å². The quantitative estimate of drug-likeness (QED) is 0.531. The number of unbranched alkanes of at least 4 members (excludes halogenated alkanes) is 3. The highest BCUT2D eigenvalue weighted by Gasteiger charge is 2.22. The summed E-state index contributed by atoms with van der Waals surface area (Å²) in [5, 5.41) is 11.4. The van der Waals surface area contributed by atoms with Crippen molar-refractivity contribution in [3.8, 4) is 5.75 Å². The number of nitrogens with one attached hydrogen (secondary N) is 1. The second kappa shape index (κ2) is 7.74. The van der Waals surface area contributed by atoms with Gasteiger partial charge in [-0.2, -0.15) is 4.39 Å². The summed E-state index contributed by atoms with van der Waals surface area (Å²) in [7, 11) is 0. The molecule has 0 unspecified atom stereocenters. The summed E-state index contributed by atoms with van der Waals surface area (Å²) in [5.74, 6) is -7.03. The highest BCUT2D eigenvalue weighted by molar-refractivity contribution is 5.94. The molecule has 0 saturated carbocycles. The number of hydrogen-bond donors (Lipinski definition) is 3. The molecule has 1 aromatic carbocycles. The summed E-state index contributed by atoms with van der Waals surface area (Å²) in [6.07, 6.45) is 3.33. The van der Waals surface area contributed by atoms with Crippen molar-refractivity contribution >= 4 is 5.91 Å². The van der Waals surface area contributed by atoms with Gasteiger partial charge in [-0.25, -0.2) is 8.78 Å². The van der Waals surface area contributed by atoms with E-state index in [1.807, 2.05) is 0 Å². The molecule has 20 heavy (non-hydrogen) atoms. The van der Waals surface area contributed by atoms with Gasteiger partial charge in [0.2, 0.25) is 5.82 Å². The van der Waals surface area contributed by atoms with Crippen molar-refractivity contribution in [1.82, 2.24) is 5.32 Å². The van der Waals surface area contributed by atoms with Gasteiger partial charge >= 0.3 is 0 Å². The van der Waals surface area contributed by atoms with Gasteiger partial charge < -0.3 is 16.2 Å². The molecule has 7 heteroatoms. The maximum absolute atomic E-state index is 13.4. The number of carbonyl (C=O) groups excluding carboxylic acids is 1. The number of nitrogens with two attached hydrogens (primary N) is 1. The second-order valence-corrected chi connectivity index (χ2v) is 4.34. The molecule has 0 saturated heterocycles. The van der Waals surface area contributed by atoms with Crippen LogP contribution in [0.1, 0.15) is 36.0 Å². The van der Waals surface area contributed by atoms with E-state index in [4.69, 9.17) is 10.8 Å². The van der Waals surface area contributed by atoms with Gasteiger partial charge in [-0.15, -0.1) is 0 Å². The lowest BCUT2D eigenvalue weighted by Crippen LogP contribution is -2.25. The van der Waals surface area contributed by atoms with Crippen molar-refractivity contribution in [2.75, 3.05) is 13.1 Å². The maximum atomic E-state index is 13.4. The summed E-state index contributed by atoms with van der Waals surface area (Å²) in [6.45, 7) is 0.883. The van der Waals surface area contributed by atoms with Crippen LogP contribution < -0.4 is 11.1 Å². The minimum absolute atomic E-state index is 0.280. The van der Waals surface area contributed by atoms with Crippen LogP contribution in [-0.2, 0) is 0 Å². The lowest BCUT2D eigenvalue weighted by molar-refractivity contribution is 0.0947. The second-order valence-electron chi connectivity index (χ2n) is 4.34. The van der Waals surface area contributed by atoms with Gasteiger partial charge in [0.25, 0.3) is 5.91 Å². The van der Waals surface area contributed by atoms with Gasteiger partial charge in [-0.3, -0.25) is 4.79 Å². The highest BCUT2D eigenvalue weighted by Crippen LogP contribution is 2.25. The largest absolute Gasteiger partial charge is 0.503 e. The number of benzene rings is 1. The van der Waals surface area contributed by atoms with Crippen LogP contribution in [0.3, 0.4) is 0 Å². The van der Waals surface area contributed by atoms with Crippen LogP contribution in [-0.4, -0.2) is 24.1 Å². The molecule has 0 atom stereocenters. The smallest absolute Gasteiger partial charge is 0.254 e. The molecule has 4 nitrogen and oxygen atoms in total. The van der Waals surface area contributed by atoms with E-state index in [1.165, 1.54) is 0 Å². The van der Waals surface area contributed by atoms with E-state index in [2.05, 4.69) is 5.32 Å². The summed E-state index contributed by atoms with van der Waals surface area (Å²) < 4.78 is 39.3. The molecule has 1 amide bonds. The number of aromatic hydroxyl groups is 1. The molecule has 0 aliphatic rings. The number of carbonyl (C=O) groups is 1. The van der Waals surface area contributed by atoms with E-state index in [9.17, 15) is 18.0 Å². The number of halogens is 3. The Morgan fingerprint density at radius 1 is 1.15 bits per heavy atom. The highest BCUT2D eigenvalue weighted by atomic mass is 19.2. The van der Waals surface area contributed by atoms with Crippen LogP contribution in [0.5, 0.6) is 5.75 Å². The van der Waals surface area contributed by atoms with E-state index >= 15 is 0 Å². The zero-order valence-corrected chi connectivity index (χ0v) is 10.9. The first-order valence-corrected chi connectivity index (χ1v) is 6.33. The Hall–Kier alpha value is -1.76. The summed E-state index contributed by atoms with van der Waals surface area (Å²) in [4.78, 5) is 11.6. The van der Waals surface area contributed by atoms with Crippen LogP contribution in [0.4, 0.5) is 13.2 Å². The van der Waals surface area contributed by atoms with E-state index in [1.54, 1.807) is 0 Å². The van der Waals surface area contributed by atoms with Crippen molar-refractivity contribution in [3.05, 3.63) is 29.1 Å². The summed E-state index contributed by atoms with van der Waals surface area (Å²) in [5.41, 5.74) is 4.60. The molecule has 0 spiro atoms. The molecule has 1 aromatic rings. The Balaban J connectivity index is 2.56. The first-order valence-electron chi connectivity index (χ1n) is 6.33. The van der Waals surface area contributed by atoms with Crippen LogP contribution in [0.2, 0.25) is 0 Å². The van der Waals surface area contributed by atoms with E-state index in [-0.39, 0.29) is 6.54 Å². The fourth-order valence-corrected chi connectivity index (χ4v) is 1.68. The molecular formula is C13H17F3N2O2. The first-order chi connectivity index (χ1) is 9.49. The number of phenols is 1. The van der Waals surface area contributed by atoms with Crippen molar-refractivity contribution in [2.45, 2.75) is 25.7 Å². The topological polar surface area (TPSA) is 75.3 Å². The zero-order chi connectivity index (χ0) is 15.1. The minimum Gasteiger partial charge on any atom is -0.503 e. The molecule has 0 bridgehead atoms. The number of phenolic OH excluding ortho intramolecular Hbond substituents is 1. The van der Waals surface area contributed by atoms with Gasteiger partial charge in [0.1, 0.15) is 0 Å². The third kappa shape index (κ3) is 4.12. The van der Waals surface area contributed by atoms with Gasteiger partial charge in [0.15, 0.2) is 17.4 Å². The van der Waals surface area contributed by atoms with Crippen LogP contribution in [0.25, 0.3) is 0 Å². The molecule has 0 aromatic heterocycles. The van der Waals surface area contributed by atoms with Crippen molar-refractivity contribution in [1.29, 1.82) is 0 Å². The molecule has 0 aliphatic carbocycles. The first kappa shape index (κ1) is 16.3. The Morgan fingerprint density at radius 3 is 2.45 bits per heavy atom. The molecule has 0 aliphatic heterocycles. The predicted molar refractivity (Wildman–Crippen MR) is 67.8 cm³/mol.